The van der Waals surface area contributed by atoms with Crippen molar-refractivity contribution in [1.29, 1.82) is 0 Å². The highest BCUT2D eigenvalue weighted by Crippen LogP contribution is 2.21. The minimum atomic E-state index is -4.55. The van der Waals surface area contributed by atoms with E-state index < -0.39 is 6.36 Å². The summed E-state index contributed by atoms with van der Waals surface area (Å²) in [5, 5.41) is 0. The average molecular weight is 237 g/mol. The highest BCUT2D eigenvalue weighted by atomic mass is 32.2. The molecule has 0 fully saturated rings. The van der Waals surface area contributed by atoms with Crippen molar-refractivity contribution in [3.63, 3.8) is 0 Å². The fourth-order valence-electron chi connectivity index (χ4n) is 0.921. The minimum Gasteiger partial charge on any atom is -0.399 e. The van der Waals surface area contributed by atoms with E-state index in [2.05, 4.69) is 4.74 Å². The minimum absolute atomic E-state index is 0.239. The lowest BCUT2D eigenvalue weighted by Crippen LogP contribution is -2.15. The number of hydrogen-bond donors (Lipinski definition) is 1. The molecular formula is C9H10F3NOS. The van der Waals surface area contributed by atoms with Gasteiger partial charge in [0.2, 0.25) is 0 Å². The van der Waals surface area contributed by atoms with E-state index in [9.17, 15) is 13.2 Å². The molecule has 15 heavy (non-hydrogen) atoms. The molecule has 1 aromatic rings. The van der Waals surface area contributed by atoms with Crippen molar-refractivity contribution in [1.82, 2.24) is 0 Å². The number of halogens is 3. The van der Waals surface area contributed by atoms with Gasteiger partial charge < -0.3 is 5.73 Å². The van der Waals surface area contributed by atoms with Crippen LogP contribution in [0.15, 0.2) is 29.2 Å². The van der Waals surface area contributed by atoms with Gasteiger partial charge in [0.1, 0.15) is 0 Å². The van der Waals surface area contributed by atoms with Crippen LogP contribution >= 0.6 is 11.8 Å². The van der Waals surface area contributed by atoms with E-state index in [1.807, 2.05) is 0 Å². The van der Waals surface area contributed by atoms with Crippen LogP contribution in [0.5, 0.6) is 0 Å². The summed E-state index contributed by atoms with van der Waals surface area (Å²) in [7, 11) is 0. The summed E-state index contributed by atoms with van der Waals surface area (Å²) >= 11 is 1.27. The van der Waals surface area contributed by atoms with Crippen LogP contribution in [0.1, 0.15) is 0 Å². The molecule has 0 amide bonds. The molecule has 0 unspecified atom stereocenters. The zero-order valence-corrected chi connectivity index (χ0v) is 8.57. The van der Waals surface area contributed by atoms with E-state index in [-0.39, 0.29) is 12.4 Å². The first-order valence-electron chi connectivity index (χ1n) is 4.16. The largest absolute Gasteiger partial charge is 0.522 e. The topological polar surface area (TPSA) is 35.2 Å². The molecule has 2 N–H and O–H groups in total. The molecule has 0 radical (unpaired) electrons. The number of alkyl halides is 3. The van der Waals surface area contributed by atoms with Gasteiger partial charge in [-0.25, -0.2) is 0 Å². The molecule has 0 aromatic heterocycles. The molecule has 1 aromatic carbocycles. The van der Waals surface area contributed by atoms with Crippen LogP contribution in [-0.4, -0.2) is 18.7 Å². The molecule has 0 saturated carbocycles. The first kappa shape index (κ1) is 12.2. The maximum atomic E-state index is 11.6. The van der Waals surface area contributed by atoms with Gasteiger partial charge in [-0.3, -0.25) is 4.74 Å². The lowest BCUT2D eigenvalue weighted by atomic mass is 10.3. The molecule has 0 heterocycles. The van der Waals surface area contributed by atoms with Gasteiger partial charge in [-0.1, -0.05) is 6.07 Å². The Balaban J connectivity index is 2.26. The Labute approximate surface area is 89.6 Å². The lowest BCUT2D eigenvalue weighted by Gasteiger charge is -2.06. The third-order valence-electron chi connectivity index (χ3n) is 1.48. The Hall–Kier alpha value is -0.880. The van der Waals surface area contributed by atoms with Gasteiger partial charge in [0.15, 0.2) is 0 Å². The molecule has 0 bridgehead atoms. The second-order valence-corrected chi connectivity index (χ2v) is 3.88. The van der Waals surface area contributed by atoms with E-state index in [0.717, 1.165) is 4.90 Å². The molecular weight excluding hydrogens is 227 g/mol. The number of rotatable bonds is 4. The van der Waals surface area contributed by atoms with E-state index >= 15 is 0 Å². The molecule has 0 spiro atoms. The van der Waals surface area contributed by atoms with Crippen LogP contribution in [0.3, 0.4) is 0 Å². The Morgan fingerprint density at radius 2 is 2.07 bits per heavy atom. The first-order valence-corrected chi connectivity index (χ1v) is 5.15. The maximum Gasteiger partial charge on any atom is 0.522 e. The SMILES string of the molecule is Nc1cccc(SCCOC(F)(F)F)c1. The summed E-state index contributed by atoms with van der Waals surface area (Å²) in [6, 6.07) is 6.96. The van der Waals surface area contributed by atoms with Gasteiger partial charge >= 0.3 is 6.36 Å². The number of benzene rings is 1. The monoisotopic (exact) mass is 237 g/mol. The third-order valence-corrected chi connectivity index (χ3v) is 2.43. The predicted molar refractivity (Wildman–Crippen MR) is 53.6 cm³/mol. The number of thioether (sulfide) groups is 1. The fraction of sp³-hybridized carbons (Fsp3) is 0.333. The smallest absolute Gasteiger partial charge is 0.399 e. The maximum absolute atomic E-state index is 11.6. The molecule has 0 aliphatic rings. The van der Waals surface area contributed by atoms with Gasteiger partial charge in [-0.15, -0.1) is 24.9 Å². The zero-order valence-electron chi connectivity index (χ0n) is 7.75. The molecule has 1 rings (SSSR count). The van der Waals surface area contributed by atoms with Gasteiger partial charge in [0.25, 0.3) is 0 Å². The van der Waals surface area contributed by atoms with Crippen LogP contribution in [0, 0.1) is 0 Å². The standard InChI is InChI=1S/C9H10F3NOS/c10-9(11,12)14-4-5-15-8-3-1-2-7(13)6-8/h1-3,6H,4-5,13H2. The number of anilines is 1. The second-order valence-electron chi connectivity index (χ2n) is 2.72. The summed E-state index contributed by atoms with van der Waals surface area (Å²) in [5.41, 5.74) is 6.10. The highest BCUT2D eigenvalue weighted by molar-refractivity contribution is 7.99. The van der Waals surface area contributed by atoms with Crippen molar-refractivity contribution in [3.8, 4) is 0 Å². The van der Waals surface area contributed by atoms with Gasteiger partial charge in [0, 0.05) is 16.3 Å². The van der Waals surface area contributed by atoms with Crippen molar-refractivity contribution < 1.29 is 17.9 Å². The number of hydrogen-bond acceptors (Lipinski definition) is 3. The highest BCUT2D eigenvalue weighted by Gasteiger charge is 2.28. The molecule has 2 nitrogen and oxygen atoms in total. The summed E-state index contributed by atoms with van der Waals surface area (Å²) < 4.78 is 38.4. The van der Waals surface area contributed by atoms with Gasteiger partial charge in [-0.2, -0.15) is 0 Å². The quantitative estimate of drug-likeness (QED) is 0.497. The summed E-state index contributed by atoms with van der Waals surface area (Å²) in [6.07, 6.45) is -4.55. The summed E-state index contributed by atoms with van der Waals surface area (Å²) in [4.78, 5) is 0.834. The van der Waals surface area contributed by atoms with E-state index in [0.29, 0.717) is 5.69 Å². The average Bonchev–Trinajstić information content (AvgIpc) is 2.11. The first-order chi connectivity index (χ1) is 6.97. The van der Waals surface area contributed by atoms with Crippen molar-refractivity contribution in [2.75, 3.05) is 18.1 Å². The fourth-order valence-corrected chi connectivity index (χ4v) is 1.72. The Bertz CT molecular complexity index is 316. The van der Waals surface area contributed by atoms with Gasteiger partial charge in [-0.05, 0) is 18.2 Å². The number of ether oxygens (including phenoxy) is 1. The van der Waals surface area contributed by atoms with Crippen LogP contribution in [0.4, 0.5) is 18.9 Å². The van der Waals surface area contributed by atoms with Crippen LogP contribution in [-0.2, 0) is 4.74 Å². The van der Waals surface area contributed by atoms with E-state index in [1.54, 1.807) is 24.3 Å². The predicted octanol–water partition coefficient (Wildman–Crippen LogP) is 2.90. The lowest BCUT2D eigenvalue weighted by molar-refractivity contribution is -0.322. The van der Waals surface area contributed by atoms with Crippen molar-refractivity contribution in [2.24, 2.45) is 0 Å². The van der Waals surface area contributed by atoms with Crippen molar-refractivity contribution in [3.05, 3.63) is 24.3 Å². The number of nitrogens with two attached hydrogens (primary N) is 1. The van der Waals surface area contributed by atoms with Crippen molar-refractivity contribution in [2.45, 2.75) is 11.3 Å². The molecule has 6 heteroatoms. The molecule has 0 saturated heterocycles. The molecule has 84 valence electrons. The van der Waals surface area contributed by atoms with Crippen LogP contribution in [0.25, 0.3) is 0 Å². The normalized spacial score (nSPS) is 11.7. The van der Waals surface area contributed by atoms with Crippen LogP contribution in [0.2, 0.25) is 0 Å². The molecule has 0 aliphatic carbocycles. The van der Waals surface area contributed by atoms with Crippen LogP contribution < -0.4 is 5.73 Å². The summed E-state index contributed by atoms with van der Waals surface area (Å²) in [6.45, 7) is -0.358. The zero-order chi connectivity index (χ0) is 11.3. The van der Waals surface area contributed by atoms with E-state index in [1.165, 1.54) is 11.8 Å². The molecule has 0 atom stereocenters. The Morgan fingerprint density at radius 1 is 1.33 bits per heavy atom. The second kappa shape index (κ2) is 5.27. The molecule has 0 aliphatic heterocycles. The van der Waals surface area contributed by atoms with Crippen molar-refractivity contribution >= 4 is 17.4 Å². The number of nitrogen functional groups attached to an aromatic ring is 1. The van der Waals surface area contributed by atoms with E-state index in [4.69, 9.17) is 5.73 Å². The Kier molecular flexibility index (Phi) is 4.28. The Morgan fingerprint density at radius 3 is 2.67 bits per heavy atom. The van der Waals surface area contributed by atoms with Gasteiger partial charge in [0.05, 0.1) is 6.61 Å². The summed E-state index contributed by atoms with van der Waals surface area (Å²) in [5.74, 6) is 0.239. The third kappa shape index (κ3) is 5.54.